The lowest BCUT2D eigenvalue weighted by atomic mass is 9.80. The van der Waals surface area contributed by atoms with Crippen molar-refractivity contribution in [1.29, 1.82) is 5.26 Å². The smallest absolute Gasteiger partial charge is 0.296 e. The molecule has 38 heavy (non-hydrogen) atoms. The van der Waals surface area contributed by atoms with E-state index in [-0.39, 0.29) is 12.3 Å². The summed E-state index contributed by atoms with van der Waals surface area (Å²) in [4.78, 5) is 31.4. The molecule has 0 aliphatic carbocycles. The Hall–Kier alpha value is -3.71. The number of aromatic nitrogens is 2. The molecule has 2 aliphatic heterocycles. The van der Waals surface area contributed by atoms with Crippen molar-refractivity contribution >= 4 is 55.9 Å². The quantitative estimate of drug-likeness (QED) is 0.347. The molecule has 6 rings (SSSR count). The predicted octanol–water partition coefficient (Wildman–Crippen LogP) is 4.86. The summed E-state index contributed by atoms with van der Waals surface area (Å²) in [5.74, 6) is -0.793. The van der Waals surface area contributed by atoms with Crippen LogP contribution in [0.1, 0.15) is 17.7 Å². The van der Waals surface area contributed by atoms with E-state index in [1.165, 1.54) is 29.4 Å². The van der Waals surface area contributed by atoms with E-state index >= 15 is 0 Å². The van der Waals surface area contributed by atoms with Crippen molar-refractivity contribution in [2.45, 2.75) is 25.9 Å². The zero-order valence-corrected chi connectivity index (χ0v) is 22.2. The van der Waals surface area contributed by atoms with Crippen LogP contribution < -0.4 is 5.32 Å². The van der Waals surface area contributed by atoms with Crippen LogP contribution in [-0.2, 0) is 27.4 Å². The third-order valence-corrected chi connectivity index (χ3v) is 8.72. The largest absolute Gasteiger partial charge is 0.491 e. The first kappa shape index (κ1) is 24.6. The number of ether oxygens (including phenoxy) is 1. The Labute approximate surface area is 228 Å². The molecule has 2 aliphatic rings. The molecule has 0 spiro atoms. The van der Waals surface area contributed by atoms with Crippen molar-refractivity contribution in [3.05, 3.63) is 64.5 Å². The summed E-state index contributed by atoms with van der Waals surface area (Å²) in [7, 11) is 1.38. The van der Waals surface area contributed by atoms with Crippen molar-refractivity contribution in [2.24, 2.45) is 5.41 Å². The van der Waals surface area contributed by atoms with Crippen LogP contribution in [0.5, 0.6) is 0 Å². The number of halogens is 1. The van der Waals surface area contributed by atoms with E-state index < -0.39 is 17.2 Å². The van der Waals surface area contributed by atoms with Crippen molar-refractivity contribution in [1.82, 2.24) is 19.8 Å². The van der Waals surface area contributed by atoms with E-state index in [2.05, 4.69) is 20.9 Å². The summed E-state index contributed by atoms with van der Waals surface area (Å²) in [6.45, 7) is 2.40. The fraction of sp³-hybridized carbons (Fsp3) is 0.286. The van der Waals surface area contributed by atoms with Crippen molar-refractivity contribution in [3.63, 3.8) is 0 Å². The van der Waals surface area contributed by atoms with Crippen LogP contribution in [0, 0.1) is 16.7 Å². The van der Waals surface area contributed by atoms with Crippen LogP contribution in [-0.4, -0.2) is 46.5 Å². The number of methoxy groups -OCH3 is 1. The second kappa shape index (κ2) is 9.55. The first-order valence-corrected chi connectivity index (χ1v) is 13.5. The van der Waals surface area contributed by atoms with Crippen LogP contribution in [0.15, 0.2) is 54.6 Å². The lowest BCUT2D eigenvalue weighted by molar-refractivity contribution is -0.139. The molecule has 0 unspecified atom stereocenters. The van der Waals surface area contributed by atoms with Crippen molar-refractivity contribution < 1.29 is 14.3 Å². The average Bonchev–Trinajstić information content (AvgIpc) is 3.60. The number of imide groups is 1. The van der Waals surface area contributed by atoms with Gasteiger partial charge in [0.15, 0.2) is 5.76 Å². The van der Waals surface area contributed by atoms with E-state index in [9.17, 15) is 14.9 Å². The first-order valence-electron chi connectivity index (χ1n) is 12.3. The molecule has 0 saturated carbocycles. The Morgan fingerprint density at radius 3 is 2.76 bits per heavy atom. The maximum atomic E-state index is 12.5. The molecule has 1 fully saturated rings. The van der Waals surface area contributed by atoms with E-state index in [4.69, 9.17) is 16.3 Å². The number of pyridine rings is 1. The standard InChI is InChI=1S/C28H24ClN5O3S/c1-37-23-13-24(35)34(27(23)36)14-19-12-22-26(38-19)20(2-6-32-22)21-11-18(29)10-17-3-9-33(25(17)21)16-28(15-30)4-7-31-8-5-28/h2-3,6,9-13,31H,4-5,7-8,14,16H2,1H3. The normalized spacial score (nSPS) is 17.3. The average molecular weight is 546 g/mol. The molecule has 1 N–H and O–H groups in total. The molecule has 2 amide bonds. The number of benzene rings is 1. The molecule has 1 saturated heterocycles. The molecule has 10 heteroatoms. The van der Waals surface area contributed by atoms with Gasteiger partial charge in [0.25, 0.3) is 11.8 Å². The summed E-state index contributed by atoms with van der Waals surface area (Å²) < 4.78 is 8.14. The number of piperidine rings is 1. The van der Waals surface area contributed by atoms with Gasteiger partial charge in [-0.3, -0.25) is 19.5 Å². The van der Waals surface area contributed by atoms with Crippen molar-refractivity contribution in [3.8, 4) is 17.2 Å². The van der Waals surface area contributed by atoms with Gasteiger partial charge in [0.05, 0.1) is 46.9 Å². The third-order valence-electron chi connectivity index (χ3n) is 7.36. The number of carbonyl (C=O) groups excluding carboxylic acids is 2. The van der Waals surface area contributed by atoms with Gasteiger partial charge < -0.3 is 14.6 Å². The maximum Gasteiger partial charge on any atom is 0.296 e. The van der Waals surface area contributed by atoms with Gasteiger partial charge >= 0.3 is 0 Å². The fourth-order valence-electron chi connectivity index (χ4n) is 5.40. The predicted molar refractivity (Wildman–Crippen MR) is 146 cm³/mol. The van der Waals surface area contributed by atoms with Gasteiger partial charge in [-0.1, -0.05) is 11.6 Å². The summed E-state index contributed by atoms with van der Waals surface area (Å²) in [6, 6.07) is 12.4. The molecule has 0 radical (unpaired) electrons. The van der Waals surface area contributed by atoms with Gasteiger partial charge in [-0.25, -0.2) is 0 Å². The number of fused-ring (bicyclic) bond motifs is 2. The summed E-state index contributed by atoms with van der Waals surface area (Å²) in [5.41, 5.74) is 3.28. The van der Waals surface area contributed by atoms with Crippen molar-refractivity contribution in [2.75, 3.05) is 20.2 Å². The molecule has 8 nitrogen and oxygen atoms in total. The van der Waals surface area contributed by atoms with E-state index in [0.717, 1.165) is 63.1 Å². The molecule has 5 heterocycles. The molecular formula is C28H24ClN5O3S. The monoisotopic (exact) mass is 545 g/mol. The number of nitrogens with one attached hydrogen (secondary N) is 1. The fourth-order valence-corrected chi connectivity index (χ4v) is 6.76. The number of rotatable bonds is 6. The maximum absolute atomic E-state index is 12.5. The van der Waals surface area contributed by atoms with Gasteiger partial charge in [-0.2, -0.15) is 5.26 Å². The molecule has 0 atom stereocenters. The van der Waals surface area contributed by atoms with Gasteiger partial charge in [-0.15, -0.1) is 11.3 Å². The lowest BCUT2D eigenvalue weighted by Crippen LogP contribution is -2.38. The van der Waals surface area contributed by atoms with Crippen LogP contribution in [0.25, 0.3) is 32.2 Å². The van der Waals surface area contributed by atoms with Crippen LogP contribution in [0.4, 0.5) is 0 Å². The Balaban J connectivity index is 1.43. The second-order valence-electron chi connectivity index (χ2n) is 9.70. The highest BCUT2D eigenvalue weighted by atomic mass is 35.5. The number of thiophene rings is 1. The number of nitriles is 1. The third kappa shape index (κ3) is 4.15. The molecule has 3 aromatic heterocycles. The Morgan fingerprint density at radius 2 is 2.03 bits per heavy atom. The van der Waals surface area contributed by atoms with Crippen LogP contribution in [0.2, 0.25) is 5.02 Å². The van der Waals surface area contributed by atoms with Gasteiger partial charge in [0.2, 0.25) is 0 Å². The molecule has 0 bridgehead atoms. The number of hydrogen-bond donors (Lipinski definition) is 1. The number of carbonyl (C=O) groups is 2. The van der Waals surface area contributed by atoms with E-state index in [0.29, 0.717) is 11.6 Å². The zero-order chi connectivity index (χ0) is 26.4. The summed E-state index contributed by atoms with van der Waals surface area (Å²) >= 11 is 8.07. The van der Waals surface area contributed by atoms with Crippen LogP contribution >= 0.6 is 22.9 Å². The highest BCUT2D eigenvalue weighted by Crippen LogP contribution is 2.41. The summed E-state index contributed by atoms with van der Waals surface area (Å²) in [5, 5.41) is 15.1. The van der Waals surface area contributed by atoms with Crippen LogP contribution in [0.3, 0.4) is 0 Å². The van der Waals surface area contributed by atoms with Gasteiger partial charge in [0, 0.05) is 45.4 Å². The van der Waals surface area contributed by atoms with E-state index in [1.807, 2.05) is 36.5 Å². The lowest BCUT2D eigenvalue weighted by Gasteiger charge is -2.32. The Kier molecular flexibility index (Phi) is 6.19. The van der Waals surface area contributed by atoms with Gasteiger partial charge in [-0.05, 0) is 56.3 Å². The molecular weight excluding hydrogens is 522 g/mol. The molecule has 1 aromatic carbocycles. The topological polar surface area (TPSA) is 100 Å². The minimum absolute atomic E-state index is 0.0425. The number of amides is 2. The highest BCUT2D eigenvalue weighted by Gasteiger charge is 2.34. The Bertz CT molecular complexity index is 1670. The SMILES string of the molecule is COC1=CC(=O)N(Cc2cc3nccc(-c4cc(Cl)cc5ccn(CC6(C#N)CCNCC6)c45)c3s2)C1=O. The number of nitrogens with zero attached hydrogens (tertiary/aromatic N) is 4. The number of hydrogen-bond acceptors (Lipinski definition) is 7. The minimum Gasteiger partial charge on any atom is -0.491 e. The highest BCUT2D eigenvalue weighted by molar-refractivity contribution is 7.19. The molecule has 4 aromatic rings. The Morgan fingerprint density at radius 1 is 1.21 bits per heavy atom. The van der Waals surface area contributed by atoms with Gasteiger partial charge in [0.1, 0.15) is 0 Å². The first-order chi connectivity index (χ1) is 18.4. The zero-order valence-electron chi connectivity index (χ0n) is 20.7. The van der Waals surface area contributed by atoms with E-state index in [1.54, 1.807) is 6.20 Å². The minimum atomic E-state index is -0.443. The second-order valence-corrected chi connectivity index (χ2v) is 11.3. The summed E-state index contributed by atoms with van der Waals surface area (Å²) in [6.07, 6.45) is 6.61. The molecule has 192 valence electrons.